The van der Waals surface area contributed by atoms with Crippen molar-refractivity contribution in [3.63, 3.8) is 0 Å². The lowest BCUT2D eigenvalue weighted by Crippen LogP contribution is -2.36. The summed E-state index contributed by atoms with van der Waals surface area (Å²) in [6, 6.07) is 25.6. The molecule has 42 heavy (non-hydrogen) atoms. The van der Waals surface area contributed by atoms with Crippen LogP contribution in [-0.4, -0.2) is 52.0 Å². The molecule has 1 N–H and O–H groups in total. The Kier molecular flexibility index (Phi) is 11.1. The van der Waals surface area contributed by atoms with Crippen LogP contribution in [0.4, 0.5) is 5.95 Å². The van der Waals surface area contributed by atoms with E-state index >= 15 is 0 Å². The minimum absolute atomic E-state index is 0.161. The number of aliphatic carboxylic acids is 1. The van der Waals surface area contributed by atoms with Gasteiger partial charge >= 0.3 is 5.97 Å². The molecule has 0 fully saturated rings. The maximum atomic E-state index is 13.9. The van der Waals surface area contributed by atoms with Crippen molar-refractivity contribution in [2.45, 2.75) is 45.6 Å². The van der Waals surface area contributed by atoms with E-state index < -0.39 is 18.4 Å². The summed E-state index contributed by atoms with van der Waals surface area (Å²) in [5.41, 5.74) is 4.97. The van der Waals surface area contributed by atoms with Crippen molar-refractivity contribution in [1.29, 1.82) is 0 Å². The Labute approximate surface area is 252 Å². The molecule has 0 bridgehead atoms. The zero-order valence-electron chi connectivity index (χ0n) is 24.2. The highest BCUT2D eigenvalue weighted by atomic mass is 35.5. The topological polar surface area (TPSA) is 86.6 Å². The van der Waals surface area contributed by atoms with E-state index in [0.717, 1.165) is 36.8 Å². The van der Waals surface area contributed by atoms with Crippen molar-refractivity contribution in [3.05, 3.63) is 124 Å². The maximum absolute atomic E-state index is 13.9. The number of hydrogen-bond donors (Lipinski definition) is 1. The molecule has 8 heteroatoms. The van der Waals surface area contributed by atoms with Crippen molar-refractivity contribution >= 4 is 29.4 Å². The minimum atomic E-state index is -1.09. The van der Waals surface area contributed by atoms with E-state index in [1.54, 1.807) is 6.07 Å². The SMILES string of the molecule is CCCCc1ccc(CN(CC(=O)O)C(=O)c2cnc(N(C)CCc3ccccc3)nc2Cc2cccc(Cl)c2)cc1. The fourth-order valence-corrected chi connectivity index (χ4v) is 4.94. The summed E-state index contributed by atoms with van der Waals surface area (Å²) in [6.45, 7) is 2.57. The van der Waals surface area contributed by atoms with Gasteiger partial charge in [-0.25, -0.2) is 9.97 Å². The molecular formula is C34H37ClN4O3. The van der Waals surface area contributed by atoms with Gasteiger partial charge in [-0.05, 0) is 53.6 Å². The first kappa shape index (κ1) is 30.7. The van der Waals surface area contributed by atoms with Crippen molar-refractivity contribution in [2.75, 3.05) is 25.0 Å². The molecule has 0 aliphatic carbocycles. The molecule has 0 unspecified atom stereocenters. The first-order chi connectivity index (χ1) is 20.3. The van der Waals surface area contributed by atoms with E-state index in [9.17, 15) is 14.7 Å². The molecule has 0 atom stereocenters. The van der Waals surface area contributed by atoms with Gasteiger partial charge in [0.25, 0.3) is 5.91 Å². The van der Waals surface area contributed by atoms with Gasteiger partial charge in [-0.3, -0.25) is 9.59 Å². The van der Waals surface area contributed by atoms with Gasteiger partial charge in [-0.2, -0.15) is 0 Å². The maximum Gasteiger partial charge on any atom is 0.323 e. The van der Waals surface area contributed by atoms with E-state index in [0.29, 0.717) is 29.6 Å². The number of hydrogen-bond acceptors (Lipinski definition) is 5. The zero-order valence-corrected chi connectivity index (χ0v) is 24.9. The fourth-order valence-electron chi connectivity index (χ4n) is 4.73. The third kappa shape index (κ3) is 8.88. The van der Waals surface area contributed by atoms with Crippen LogP contribution in [0.1, 0.15) is 58.1 Å². The van der Waals surface area contributed by atoms with E-state index in [2.05, 4.69) is 24.0 Å². The molecule has 218 valence electrons. The summed E-state index contributed by atoms with van der Waals surface area (Å²) in [7, 11) is 1.92. The third-order valence-electron chi connectivity index (χ3n) is 7.09. The first-order valence-electron chi connectivity index (χ1n) is 14.3. The number of carboxylic acids is 1. The molecule has 0 radical (unpaired) electrons. The summed E-state index contributed by atoms with van der Waals surface area (Å²) in [5, 5.41) is 10.2. The Morgan fingerprint density at radius 1 is 0.881 bits per heavy atom. The van der Waals surface area contributed by atoms with Gasteiger partial charge in [0, 0.05) is 37.8 Å². The van der Waals surface area contributed by atoms with Crippen LogP contribution in [0.5, 0.6) is 0 Å². The number of carbonyl (C=O) groups is 2. The van der Waals surface area contributed by atoms with Crippen molar-refractivity contribution < 1.29 is 14.7 Å². The molecule has 0 aliphatic rings. The number of aryl methyl sites for hydroxylation is 1. The molecule has 7 nitrogen and oxygen atoms in total. The number of anilines is 1. The number of carboxylic acid groups (broad SMARTS) is 1. The van der Waals surface area contributed by atoms with Crippen LogP contribution in [0.25, 0.3) is 0 Å². The lowest BCUT2D eigenvalue weighted by molar-refractivity contribution is -0.137. The highest BCUT2D eigenvalue weighted by Gasteiger charge is 2.24. The molecule has 3 aromatic carbocycles. The average molecular weight is 585 g/mol. The molecule has 0 spiro atoms. The van der Waals surface area contributed by atoms with Gasteiger partial charge in [-0.1, -0.05) is 91.7 Å². The molecule has 4 aromatic rings. The highest BCUT2D eigenvalue weighted by Crippen LogP contribution is 2.21. The third-order valence-corrected chi connectivity index (χ3v) is 7.33. The molecule has 4 rings (SSSR count). The van der Waals surface area contributed by atoms with Gasteiger partial charge in [-0.15, -0.1) is 0 Å². The molecule has 1 heterocycles. The largest absolute Gasteiger partial charge is 0.480 e. The number of carbonyl (C=O) groups excluding carboxylic acids is 1. The van der Waals surface area contributed by atoms with E-state index in [-0.39, 0.29) is 12.1 Å². The molecule has 1 amide bonds. The molecule has 0 aliphatic heterocycles. The monoisotopic (exact) mass is 584 g/mol. The number of halogens is 1. The van der Waals surface area contributed by atoms with Crippen molar-refractivity contribution in [3.8, 4) is 0 Å². The van der Waals surface area contributed by atoms with Crippen LogP contribution < -0.4 is 4.90 Å². The number of aromatic nitrogens is 2. The zero-order chi connectivity index (χ0) is 29.9. The summed E-state index contributed by atoms with van der Waals surface area (Å²) >= 11 is 6.25. The predicted molar refractivity (Wildman–Crippen MR) is 167 cm³/mol. The van der Waals surface area contributed by atoms with Crippen molar-refractivity contribution in [1.82, 2.24) is 14.9 Å². The fraction of sp³-hybridized carbons (Fsp3) is 0.294. The van der Waals surface area contributed by atoms with Gasteiger partial charge in [0.05, 0.1) is 11.3 Å². The molecule has 0 saturated carbocycles. The highest BCUT2D eigenvalue weighted by molar-refractivity contribution is 6.30. The van der Waals surface area contributed by atoms with Gasteiger partial charge in [0.2, 0.25) is 5.95 Å². The average Bonchev–Trinajstić information content (AvgIpc) is 2.99. The van der Waals surface area contributed by atoms with Crippen LogP contribution >= 0.6 is 11.6 Å². The molecule has 1 aromatic heterocycles. The Morgan fingerprint density at radius 2 is 1.57 bits per heavy atom. The lowest BCUT2D eigenvalue weighted by atomic mass is 10.0. The second kappa shape index (κ2) is 15.1. The predicted octanol–water partition coefficient (Wildman–Crippen LogP) is 6.47. The summed E-state index contributed by atoms with van der Waals surface area (Å²) < 4.78 is 0. The van der Waals surface area contributed by atoms with Gasteiger partial charge in [0.1, 0.15) is 6.54 Å². The van der Waals surface area contributed by atoms with Crippen molar-refractivity contribution in [2.24, 2.45) is 0 Å². The van der Waals surface area contributed by atoms with Crippen LogP contribution in [0.15, 0.2) is 85.1 Å². The normalized spacial score (nSPS) is 10.8. The minimum Gasteiger partial charge on any atom is -0.480 e. The molecule has 0 saturated heterocycles. The second-order valence-electron chi connectivity index (χ2n) is 10.5. The summed E-state index contributed by atoms with van der Waals surface area (Å²) in [6.07, 6.45) is 5.89. The van der Waals surface area contributed by atoms with Crippen LogP contribution in [0.2, 0.25) is 5.02 Å². The molecular weight excluding hydrogens is 548 g/mol. The summed E-state index contributed by atoms with van der Waals surface area (Å²) in [4.78, 5) is 38.4. The number of rotatable bonds is 14. The lowest BCUT2D eigenvalue weighted by Gasteiger charge is -2.23. The number of likely N-dealkylation sites (N-methyl/N-ethyl adjacent to an activating group) is 1. The number of unbranched alkanes of at least 4 members (excludes halogenated alkanes) is 1. The smallest absolute Gasteiger partial charge is 0.323 e. The number of nitrogens with zero attached hydrogens (tertiary/aromatic N) is 4. The number of amides is 1. The van der Waals surface area contributed by atoms with Crippen LogP contribution in [-0.2, 0) is 30.6 Å². The van der Waals surface area contributed by atoms with Crippen LogP contribution in [0, 0.1) is 0 Å². The first-order valence-corrected chi connectivity index (χ1v) is 14.6. The van der Waals surface area contributed by atoms with Gasteiger partial charge in [0.15, 0.2) is 0 Å². The summed E-state index contributed by atoms with van der Waals surface area (Å²) in [5.74, 6) is -1.02. The quantitative estimate of drug-likeness (QED) is 0.183. The Bertz CT molecular complexity index is 1480. The number of benzene rings is 3. The van der Waals surface area contributed by atoms with Crippen LogP contribution in [0.3, 0.4) is 0 Å². The Morgan fingerprint density at radius 3 is 2.26 bits per heavy atom. The standard InChI is InChI=1S/C34H37ClN4O3/c1-3-4-9-26-14-16-27(17-15-26)23-39(24-32(40)41)33(42)30-22-36-34(38(2)19-18-25-10-6-5-7-11-25)37-31(30)21-28-12-8-13-29(35)20-28/h5-8,10-17,20,22H,3-4,9,18-19,21,23-24H2,1-2H3,(H,40,41). The van der Waals surface area contributed by atoms with E-state index in [1.807, 2.05) is 72.6 Å². The van der Waals surface area contributed by atoms with Gasteiger partial charge < -0.3 is 14.9 Å². The Hall–Kier alpha value is -4.23. The second-order valence-corrected chi connectivity index (χ2v) is 10.9. The van der Waals surface area contributed by atoms with E-state index in [4.69, 9.17) is 16.6 Å². The Balaban J connectivity index is 1.61. The van der Waals surface area contributed by atoms with E-state index in [1.165, 1.54) is 22.2 Å².